The SMILES string of the molecule is CC[C@@](C)(NC(=O)C(C)(C)NC(=O)[C@@H](NC(=O)[C@@H]1CCCN1C(=O)C(C)(C)NC(=O)C(C)(C)NC(=O)CNC(=O)C(C)(C)NC(=O)C(C)(C)NC(=O)[C@@H](CC(C)C)NC(=O)C(C)(C)NC(=O)[C@H](CCC(N)=O)NC(=O)C(C)(C)NC(=O)[C@H](C)NC(=O)C(C)(C)NC(=O)[C@H](C)NC(=O)C(C)(C)NC(C)=O)C(C)C)C(=O)N[C@@H](CCC(N)=O)C(=O)N[C@@H](CCC(N)=O)C(=O)N[C@H](CO)Cc1ccccc1. The predicted octanol–water partition coefficient (Wildman–Crippen LogP) is -4.90. The Kier molecular flexibility index (Phi) is 44.2. The van der Waals surface area contributed by atoms with Gasteiger partial charge in [0.05, 0.1) is 19.2 Å². The monoisotopic (exact) mass is 1950 g/mol. The van der Waals surface area contributed by atoms with Crippen molar-refractivity contribution in [3.05, 3.63) is 35.9 Å². The van der Waals surface area contributed by atoms with Crippen LogP contribution in [-0.4, -0.2) is 275 Å². The first kappa shape index (κ1) is 121. The number of carbonyl (C=O) groups excluding carboxylic acids is 23. The normalized spacial score (nSPS) is 15.4. The van der Waals surface area contributed by atoms with Crippen LogP contribution in [0.4, 0.5) is 0 Å². The summed E-state index contributed by atoms with van der Waals surface area (Å²) >= 11 is 0. The van der Waals surface area contributed by atoms with Crippen molar-refractivity contribution in [3.8, 4) is 0 Å². The van der Waals surface area contributed by atoms with Crippen molar-refractivity contribution < 1.29 is 115 Å². The molecule has 0 spiro atoms. The van der Waals surface area contributed by atoms with E-state index in [-0.39, 0.29) is 51.0 Å². The van der Waals surface area contributed by atoms with Gasteiger partial charge in [-0.3, -0.25) is 110 Å². The molecule has 2 rings (SSSR count). The van der Waals surface area contributed by atoms with Crippen molar-refractivity contribution in [1.82, 2.24) is 106 Å². The Morgan fingerprint density at radius 2 is 0.754 bits per heavy atom. The van der Waals surface area contributed by atoms with E-state index in [4.69, 9.17) is 17.2 Å². The summed E-state index contributed by atoms with van der Waals surface area (Å²) in [7, 11) is 0. The minimum Gasteiger partial charge on any atom is -0.394 e. The third kappa shape index (κ3) is 37.8. The highest BCUT2D eigenvalue weighted by Crippen LogP contribution is 2.25. The Balaban J connectivity index is 2.17. The van der Waals surface area contributed by atoms with Gasteiger partial charge in [-0.05, 0) is 214 Å². The van der Waals surface area contributed by atoms with Crippen LogP contribution in [0.15, 0.2) is 30.3 Å². The van der Waals surface area contributed by atoms with E-state index < -0.39 is 290 Å². The van der Waals surface area contributed by atoms with Gasteiger partial charge in [0.25, 0.3) is 0 Å². The molecular weight excluding hydrogens is 1800 g/mol. The number of likely N-dealkylation sites (tertiary alicyclic amines) is 1. The van der Waals surface area contributed by atoms with Crippen molar-refractivity contribution in [2.75, 3.05) is 19.7 Å². The molecule has 1 saturated heterocycles. The zero-order chi connectivity index (χ0) is 107. The van der Waals surface area contributed by atoms with Crippen LogP contribution in [-0.2, 0) is 117 Å². The number of hydrogen-bond donors (Lipinski definition) is 23. The average molecular weight is 1950 g/mol. The van der Waals surface area contributed by atoms with Gasteiger partial charge in [0.1, 0.15) is 104 Å². The molecule has 1 aromatic rings. The van der Waals surface area contributed by atoms with Gasteiger partial charge in [-0.15, -0.1) is 0 Å². The number of nitrogens with one attached hydrogen (secondary N) is 19. The molecule has 0 aromatic heterocycles. The molecule has 0 saturated carbocycles. The zero-order valence-electron chi connectivity index (χ0n) is 84.7. The molecular formula is C91H151N23O24. The third-order valence-electron chi connectivity index (χ3n) is 22.7. The number of nitrogens with zero attached hydrogens (tertiary/aromatic N) is 1. The van der Waals surface area contributed by atoms with E-state index in [1.165, 1.54) is 164 Å². The molecule has 138 heavy (non-hydrogen) atoms. The Morgan fingerprint density at radius 1 is 0.391 bits per heavy atom. The van der Waals surface area contributed by atoms with E-state index in [9.17, 15) is 115 Å². The zero-order valence-corrected chi connectivity index (χ0v) is 84.7. The number of aliphatic hydroxyl groups excluding tert-OH is 1. The Labute approximate surface area is 805 Å². The molecule has 0 radical (unpaired) electrons. The molecule has 1 aliphatic rings. The highest BCUT2D eigenvalue weighted by atomic mass is 16.3. The fourth-order valence-corrected chi connectivity index (χ4v) is 13.6. The predicted molar refractivity (Wildman–Crippen MR) is 504 cm³/mol. The number of aliphatic hydroxyl groups is 1. The van der Waals surface area contributed by atoms with Gasteiger partial charge in [0.2, 0.25) is 136 Å². The van der Waals surface area contributed by atoms with Gasteiger partial charge in [-0.25, -0.2) is 0 Å². The first-order chi connectivity index (χ1) is 63.0. The number of amides is 23. The summed E-state index contributed by atoms with van der Waals surface area (Å²) in [6.45, 7) is 35.7. The van der Waals surface area contributed by atoms with Gasteiger partial charge in [-0.1, -0.05) is 65.0 Å². The molecule has 10 atom stereocenters. The highest BCUT2D eigenvalue weighted by Gasteiger charge is 2.49. The number of rotatable bonds is 54. The summed E-state index contributed by atoms with van der Waals surface area (Å²) in [6, 6.07) is -3.09. The van der Waals surface area contributed by atoms with Gasteiger partial charge in [0.15, 0.2) is 0 Å². The first-order valence-electron chi connectivity index (χ1n) is 45.7. The maximum absolute atomic E-state index is 14.5. The van der Waals surface area contributed by atoms with E-state index in [2.05, 4.69) is 101 Å². The van der Waals surface area contributed by atoms with Crippen molar-refractivity contribution in [2.45, 2.75) is 367 Å². The minimum absolute atomic E-state index is 0.0237. The van der Waals surface area contributed by atoms with E-state index in [0.29, 0.717) is 6.42 Å². The number of hydrogen-bond acceptors (Lipinski definition) is 24. The van der Waals surface area contributed by atoms with Crippen LogP contribution in [0, 0.1) is 11.8 Å². The van der Waals surface area contributed by atoms with Gasteiger partial charge < -0.3 is 128 Å². The minimum atomic E-state index is -1.91. The summed E-state index contributed by atoms with van der Waals surface area (Å²) in [5.74, 6) is -20.8. The molecule has 1 fully saturated rings. The summed E-state index contributed by atoms with van der Waals surface area (Å²) in [5.41, 5.74) is -0.763. The van der Waals surface area contributed by atoms with Gasteiger partial charge in [0, 0.05) is 32.7 Å². The molecule has 47 nitrogen and oxygen atoms in total. The van der Waals surface area contributed by atoms with Crippen LogP contribution in [0.3, 0.4) is 0 Å². The lowest BCUT2D eigenvalue weighted by molar-refractivity contribution is -0.146. The molecule has 774 valence electrons. The highest BCUT2D eigenvalue weighted by molar-refractivity contribution is 6.05. The fraction of sp³-hybridized carbons (Fsp3) is 0.681. The average Bonchev–Trinajstić information content (AvgIpc) is 1.40. The molecule has 23 amide bonds. The van der Waals surface area contributed by atoms with E-state index >= 15 is 0 Å². The van der Waals surface area contributed by atoms with Crippen molar-refractivity contribution in [2.24, 2.45) is 29.0 Å². The molecule has 1 aromatic carbocycles. The maximum Gasteiger partial charge on any atom is 0.248 e. The fourth-order valence-electron chi connectivity index (χ4n) is 13.6. The molecule has 47 heteroatoms. The maximum atomic E-state index is 14.5. The van der Waals surface area contributed by atoms with Crippen LogP contribution < -0.4 is 118 Å². The Morgan fingerprint density at radius 3 is 1.18 bits per heavy atom. The van der Waals surface area contributed by atoms with Gasteiger partial charge in [-0.2, -0.15) is 0 Å². The van der Waals surface area contributed by atoms with Crippen LogP contribution in [0.1, 0.15) is 257 Å². The lowest BCUT2D eigenvalue weighted by Crippen LogP contribution is -2.67. The summed E-state index contributed by atoms with van der Waals surface area (Å²) in [4.78, 5) is 313. The third-order valence-corrected chi connectivity index (χ3v) is 22.7. The van der Waals surface area contributed by atoms with E-state index in [0.717, 1.165) is 5.56 Å². The second-order valence-corrected chi connectivity index (χ2v) is 40.7. The van der Waals surface area contributed by atoms with E-state index in [1.54, 1.807) is 58.0 Å². The summed E-state index contributed by atoms with van der Waals surface area (Å²) < 4.78 is 0. The van der Waals surface area contributed by atoms with Crippen molar-refractivity contribution >= 4 is 136 Å². The smallest absolute Gasteiger partial charge is 0.248 e. The van der Waals surface area contributed by atoms with Crippen LogP contribution in [0.2, 0.25) is 0 Å². The Bertz CT molecular complexity index is 4680. The van der Waals surface area contributed by atoms with Crippen molar-refractivity contribution in [1.29, 1.82) is 0 Å². The second-order valence-electron chi connectivity index (χ2n) is 40.7. The Hall–Kier alpha value is -13.0. The molecule has 1 aliphatic heterocycles. The number of nitrogens with two attached hydrogens (primary N) is 3. The second kappa shape index (κ2) is 50.4. The molecule has 0 bridgehead atoms. The molecule has 0 aliphatic carbocycles. The van der Waals surface area contributed by atoms with Crippen LogP contribution in [0.5, 0.6) is 0 Å². The lowest BCUT2D eigenvalue weighted by Gasteiger charge is -2.37. The summed E-state index contributed by atoms with van der Waals surface area (Å²) in [6.07, 6.45) is -1.95. The van der Waals surface area contributed by atoms with Crippen molar-refractivity contribution in [3.63, 3.8) is 0 Å². The number of benzene rings is 1. The molecule has 26 N–H and O–H groups in total. The van der Waals surface area contributed by atoms with E-state index in [1.807, 2.05) is 0 Å². The standard InChI is InChI=1S/C91H151N23O24/c1-28-91(27,80(137)101-55(37-40-60(93)118)67(124)99-54(36-39-59(92)117)66(123)98-53(46-115)44-52-33-30-29-31-34-52)113-79(136)89(23,24)110-71(128)63(48(4)5)103-70(127)58-35-32-42-114(58)81(138)90(25,26)112-77(134)87(19,20)105-62(120)45-95-72(129)82(9,10)111-78(135)88(21,22)109-69(126)57(43-47(2)3)102-76(133)86(17,18)108-68(125)56(38-41-61(94)119)100-75(132)85(15,16)107-65(122)50(7)97-74(131)84(13,14)106-64(121)49(6)96-73(130)83(11,12)104-51(8)116/h29-31,33-34,47-50,53-58,63,115H,28,32,35-46H2,1-27H3,(H2,92,117)(H2,93,118)(H2,94,119)(H,95,129)(H,96,130)(H,97,131)(H,98,123)(H,99,124)(H,100,132)(H,101,137)(H,102,133)(H,103,127)(H,104,116)(H,105,120)(H,106,121)(H,107,122)(H,108,125)(H,109,126)(H,110,128)(H,111,135)(H,112,134)(H,113,136)/t49-,50-,53-,54-,55-,56-,57+,58-,63-,91+/m0/s1. The van der Waals surface area contributed by atoms with Crippen LogP contribution >= 0.6 is 0 Å². The lowest BCUT2D eigenvalue weighted by atomic mass is 9.93. The molecule has 0 unspecified atom stereocenters. The molecule has 1 heterocycles. The summed E-state index contributed by atoms with van der Waals surface area (Å²) in [5, 5.41) is 58.3. The topological polar surface area (TPSA) is 723 Å². The first-order valence-corrected chi connectivity index (χ1v) is 45.7. The largest absolute Gasteiger partial charge is 0.394 e. The van der Waals surface area contributed by atoms with Gasteiger partial charge >= 0.3 is 0 Å². The number of primary amides is 3. The quantitative estimate of drug-likeness (QED) is 0.0291. The number of carbonyl (C=O) groups is 23. The van der Waals surface area contributed by atoms with Crippen LogP contribution in [0.25, 0.3) is 0 Å².